The van der Waals surface area contributed by atoms with E-state index in [0.29, 0.717) is 39.0 Å². The summed E-state index contributed by atoms with van der Waals surface area (Å²) in [5.74, 6) is 0.577. The Labute approximate surface area is 263 Å². The van der Waals surface area contributed by atoms with Crippen LogP contribution in [0.15, 0.2) is 60.7 Å². The maximum atomic E-state index is 12.3. The molecule has 1 unspecified atom stereocenters. The standard InChI is InChI=1S/C18H27NO3.C18H25NO3/c2*1-18(2,3)22-17(21)19-11-9-15(10-12-19)16(20)13-14-7-5-4-6-8-14/h4-8,15-16,20H,9-13H2,1-3H3;4-8,15H,9-13H2,1-3H3. The third-order valence-corrected chi connectivity index (χ3v) is 7.85. The van der Waals surface area contributed by atoms with Crippen LogP contribution in [-0.4, -0.2) is 76.4 Å². The molecule has 1 atom stereocenters. The smallest absolute Gasteiger partial charge is 0.410 e. The quantitative estimate of drug-likeness (QED) is 0.393. The molecule has 2 aromatic carbocycles. The first kappa shape index (κ1) is 35.1. The van der Waals surface area contributed by atoms with Gasteiger partial charge in [0, 0.05) is 38.5 Å². The highest BCUT2D eigenvalue weighted by Crippen LogP contribution is 2.25. The molecule has 0 aliphatic carbocycles. The van der Waals surface area contributed by atoms with E-state index in [9.17, 15) is 19.5 Å². The molecule has 2 aliphatic heterocycles. The lowest BCUT2D eigenvalue weighted by molar-refractivity contribution is -0.123. The van der Waals surface area contributed by atoms with Gasteiger partial charge < -0.3 is 24.4 Å². The molecule has 1 N–H and O–H groups in total. The minimum Gasteiger partial charge on any atom is -0.444 e. The minimum atomic E-state index is -0.475. The lowest BCUT2D eigenvalue weighted by atomic mass is 9.88. The van der Waals surface area contributed by atoms with Crippen LogP contribution in [0, 0.1) is 11.8 Å². The summed E-state index contributed by atoms with van der Waals surface area (Å²) >= 11 is 0. The van der Waals surface area contributed by atoms with Crippen LogP contribution in [0.5, 0.6) is 0 Å². The molecule has 2 amide bonds. The van der Waals surface area contributed by atoms with E-state index < -0.39 is 11.2 Å². The van der Waals surface area contributed by atoms with Gasteiger partial charge in [-0.05, 0) is 90.7 Å². The van der Waals surface area contributed by atoms with Crippen LogP contribution in [-0.2, 0) is 27.1 Å². The van der Waals surface area contributed by atoms with Crippen molar-refractivity contribution in [2.24, 2.45) is 11.8 Å². The Morgan fingerprint density at radius 3 is 1.55 bits per heavy atom. The van der Waals surface area contributed by atoms with E-state index in [1.165, 1.54) is 0 Å². The highest BCUT2D eigenvalue weighted by Gasteiger charge is 2.31. The number of piperidine rings is 2. The largest absolute Gasteiger partial charge is 0.444 e. The van der Waals surface area contributed by atoms with Crippen molar-refractivity contribution >= 4 is 18.0 Å². The van der Waals surface area contributed by atoms with Crippen LogP contribution in [0.3, 0.4) is 0 Å². The van der Waals surface area contributed by atoms with E-state index in [2.05, 4.69) is 0 Å². The van der Waals surface area contributed by atoms with Crippen LogP contribution in [0.25, 0.3) is 0 Å². The molecule has 0 spiro atoms. The molecule has 4 rings (SSSR count). The lowest BCUT2D eigenvalue weighted by Gasteiger charge is -2.35. The topological polar surface area (TPSA) is 96.4 Å². The zero-order chi connectivity index (χ0) is 32.3. The van der Waals surface area contributed by atoms with Gasteiger partial charge in [-0.15, -0.1) is 0 Å². The molecular weight excluding hydrogens is 556 g/mol. The molecule has 2 heterocycles. The first-order valence-electron chi connectivity index (χ1n) is 15.9. The van der Waals surface area contributed by atoms with Crippen molar-refractivity contribution in [3.8, 4) is 0 Å². The van der Waals surface area contributed by atoms with Crippen molar-refractivity contribution in [1.29, 1.82) is 0 Å². The van der Waals surface area contributed by atoms with Gasteiger partial charge in [0.1, 0.15) is 17.0 Å². The fourth-order valence-corrected chi connectivity index (χ4v) is 5.47. The fraction of sp³-hybridized carbons (Fsp3) is 0.583. The van der Waals surface area contributed by atoms with Crippen LogP contribution < -0.4 is 0 Å². The third-order valence-electron chi connectivity index (χ3n) is 7.85. The average Bonchev–Trinajstić information content (AvgIpc) is 2.97. The predicted molar refractivity (Wildman–Crippen MR) is 172 cm³/mol. The van der Waals surface area contributed by atoms with Crippen molar-refractivity contribution in [3.63, 3.8) is 0 Å². The zero-order valence-electron chi connectivity index (χ0n) is 27.5. The van der Waals surface area contributed by atoms with Crippen molar-refractivity contribution in [1.82, 2.24) is 9.80 Å². The Hall–Kier alpha value is -3.39. The maximum Gasteiger partial charge on any atom is 0.410 e. The number of likely N-dealkylation sites (tertiary alicyclic amines) is 2. The molecule has 8 heteroatoms. The number of rotatable bonds is 6. The number of hydrogen-bond acceptors (Lipinski definition) is 6. The van der Waals surface area contributed by atoms with Crippen molar-refractivity contribution in [2.75, 3.05) is 26.2 Å². The maximum absolute atomic E-state index is 12.3. The molecule has 242 valence electrons. The summed E-state index contributed by atoms with van der Waals surface area (Å²) in [6, 6.07) is 19.9. The third kappa shape index (κ3) is 12.3. The molecule has 2 saturated heterocycles. The number of Topliss-reactive ketones (excluding diaryl/α,β-unsaturated/α-hetero) is 1. The van der Waals surface area contributed by atoms with Gasteiger partial charge in [0.2, 0.25) is 0 Å². The van der Waals surface area contributed by atoms with Crippen LogP contribution >= 0.6 is 0 Å². The van der Waals surface area contributed by atoms with Gasteiger partial charge in [0.05, 0.1) is 6.10 Å². The van der Waals surface area contributed by atoms with Gasteiger partial charge in [-0.25, -0.2) is 9.59 Å². The Morgan fingerprint density at radius 1 is 0.705 bits per heavy atom. The fourth-order valence-electron chi connectivity index (χ4n) is 5.47. The molecule has 0 aromatic heterocycles. The van der Waals surface area contributed by atoms with E-state index in [4.69, 9.17) is 9.47 Å². The van der Waals surface area contributed by atoms with Gasteiger partial charge in [-0.2, -0.15) is 0 Å². The summed E-state index contributed by atoms with van der Waals surface area (Å²) in [7, 11) is 0. The molecular formula is C36H52N2O6. The lowest BCUT2D eigenvalue weighted by Crippen LogP contribution is -2.43. The van der Waals surface area contributed by atoms with E-state index in [1.54, 1.807) is 9.80 Å². The second-order valence-corrected chi connectivity index (χ2v) is 13.9. The molecule has 0 radical (unpaired) electrons. The highest BCUT2D eigenvalue weighted by molar-refractivity contribution is 5.83. The number of hydrogen-bond donors (Lipinski definition) is 1. The van der Waals surface area contributed by atoms with Crippen LogP contribution in [0.4, 0.5) is 9.59 Å². The second kappa shape index (κ2) is 16.1. The first-order valence-corrected chi connectivity index (χ1v) is 15.9. The number of benzene rings is 2. The number of aliphatic hydroxyl groups is 1. The first-order chi connectivity index (χ1) is 20.7. The molecule has 2 aliphatic rings. The van der Waals surface area contributed by atoms with Gasteiger partial charge in [0.15, 0.2) is 0 Å². The summed E-state index contributed by atoms with van der Waals surface area (Å²) in [4.78, 5) is 39.8. The van der Waals surface area contributed by atoms with Crippen LogP contribution in [0.2, 0.25) is 0 Å². The number of ketones is 1. The second-order valence-electron chi connectivity index (χ2n) is 13.9. The predicted octanol–water partition coefficient (Wildman–Crippen LogP) is 6.68. The Balaban J connectivity index is 0.000000240. The number of carbonyl (C=O) groups is 3. The molecule has 8 nitrogen and oxygen atoms in total. The summed E-state index contributed by atoms with van der Waals surface area (Å²) in [6.07, 6.45) is 3.40. The SMILES string of the molecule is CC(C)(C)OC(=O)N1CCC(C(=O)Cc2ccccc2)CC1.CC(C)(C)OC(=O)N1CCC(C(O)Cc2ccccc2)CC1. The molecule has 2 fully saturated rings. The van der Waals surface area contributed by atoms with Gasteiger partial charge in [-0.3, -0.25) is 4.79 Å². The number of amides is 2. The average molecular weight is 609 g/mol. The Kier molecular flexibility index (Phi) is 12.8. The van der Waals surface area contributed by atoms with E-state index >= 15 is 0 Å². The highest BCUT2D eigenvalue weighted by atomic mass is 16.6. The number of nitrogens with zero attached hydrogens (tertiary/aromatic N) is 2. The van der Waals surface area contributed by atoms with Crippen molar-refractivity contribution < 1.29 is 29.0 Å². The molecule has 0 bridgehead atoms. The summed E-state index contributed by atoms with van der Waals surface area (Å²) < 4.78 is 10.8. The monoisotopic (exact) mass is 608 g/mol. The van der Waals surface area contributed by atoms with Gasteiger partial charge >= 0.3 is 12.2 Å². The zero-order valence-corrected chi connectivity index (χ0v) is 27.5. The van der Waals surface area contributed by atoms with Crippen molar-refractivity contribution in [2.45, 2.75) is 97.4 Å². The van der Waals surface area contributed by atoms with E-state index in [-0.39, 0.29) is 35.9 Å². The number of carbonyl (C=O) groups excluding carboxylic acids is 3. The number of aliphatic hydroxyl groups excluding tert-OH is 1. The molecule has 2 aromatic rings. The minimum absolute atomic E-state index is 0.0545. The van der Waals surface area contributed by atoms with Gasteiger partial charge in [-0.1, -0.05) is 60.7 Å². The molecule has 44 heavy (non-hydrogen) atoms. The summed E-state index contributed by atoms with van der Waals surface area (Å²) in [5, 5.41) is 10.4. The van der Waals surface area contributed by atoms with Crippen LogP contribution in [0.1, 0.15) is 78.4 Å². The Morgan fingerprint density at radius 2 is 1.11 bits per heavy atom. The normalized spacial score (nSPS) is 17.2. The number of ether oxygens (including phenoxy) is 2. The van der Waals surface area contributed by atoms with E-state index in [0.717, 1.165) is 36.8 Å². The van der Waals surface area contributed by atoms with Crippen molar-refractivity contribution in [3.05, 3.63) is 71.8 Å². The van der Waals surface area contributed by atoms with Gasteiger partial charge in [0.25, 0.3) is 0 Å². The summed E-state index contributed by atoms with van der Waals surface area (Å²) in [5.41, 5.74) is 1.28. The van der Waals surface area contributed by atoms with E-state index in [1.807, 2.05) is 102 Å². The summed E-state index contributed by atoms with van der Waals surface area (Å²) in [6.45, 7) is 13.7. The Bertz CT molecular complexity index is 1170. The molecule has 0 saturated carbocycles.